The van der Waals surface area contributed by atoms with E-state index in [0.29, 0.717) is 0 Å². The van der Waals surface area contributed by atoms with Crippen LogP contribution in [-0.4, -0.2) is 5.92 Å². The van der Waals surface area contributed by atoms with Gasteiger partial charge in [0.1, 0.15) is 5.82 Å². The summed E-state index contributed by atoms with van der Waals surface area (Å²) in [6, 6.07) is 5.57. The first-order valence-corrected chi connectivity index (χ1v) is 3.60. The minimum Gasteiger partial charge on any atom is -0.207 e. The molecule has 0 saturated heterocycles. The summed E-state index contributed by atoms with van der Waals surface area (Å²) in [5.74, 6) is -3.42. The molecule has 0 aliphatic rings. The second kappa shape index (κ2) is 3.17. The maximum atomic E-state index is 12.8. The van der Waals surface area contributed by atoms with Gasteiger partial charge in [-0.15, -0.1) is 0 Å². The lowest BCUT2D eigenvalue weighted by molar-refractivity contribution is 0.0218. The standard InChI is InChI=1S/C9H9F3/c1-9(11,12)6-7-4-2-3-5-8(7)10/h2-5H,6H2,1H3. The van der Waals surface area contributed by atoms with Gasteiger partial charge in [0.25, 0.3) is 0 Å². The van der Waals surface area contributed by atoms with E-state index in [-0.39, 0.29) is 5.56 Å². The second-order valence-corrected chi connectivity index (χ2v) is 2.84. The molecule has 12 heavy (non-hydrogen) atoms. The van der Waals surface area contributed by atoms with E-state index >= 15 is 0 Å². The van der Waals surface area contributed by atoms with Crippen molar-refractivity contribution in [3.63, 3.8) is 0 Å². The monoisotopic (exact) mass is 174 g/mol. The Morgan fingerprint density at radius 2 is 1.83 bits per heavy atom. The third kappa shape index (κ3) is 2.57. The van der Waals surface area contributed by atoms with Crippen LogP contribution < -0.4 is 0 Å². The zero-order valence-electron chi connectivity index (χ0n) is 6.65. The van der Waals surface area contributed by atoms with E-state index in [1.807, 2.05) is 0 Å². The van der Waals surface area contributed by atoms with Crippen molar-refractivity contribution >= 4 is 0 Å². The van der Waals surface area contributed by atoms with Gasteiger partial charge in [-0.25, -0.2) is 13.2 Å². The molecule has 0 spiro atoms. The molecule has 0 heterocycles. The molecule has 0 aliphatic heterocycles. The first-order chi connectivity index (χ1) is 5.49. The van der Waals surface area contributed by atoms with Crippen molar-refractivity contribution in [3.8, 4) is 0 Å². The van der Waals surface area contributed by atoms with Crippen LogP contribution >= 0.6 is 0 Å². The summed E-state index contributed by atoms with van der Waals surface area (Å²) in [5, 5.41) is 0. The van der Waals surface area contributed by atoms with Crippen LogP contribution in [-0.2, 0) is 6.42 Å². The molecule has 0 bridgehead atoms. The van der Waals surface area contributed by atoms with Crippen LogP contribution in [0.25, 0.3) is 0 Å². The highest BCUT2D eigenvalue weighted by Crippen LogP contribution is 2.20. The summed E-state index contributed by atoms with van der Waals surface area (Å²) in [5.41, 5.74) is 0.0602. The quantitative estimate of drug-likeness (QED) is 0.646. The Kier molecular flexibility index (Phi) is 2.40. The molecule has 0 fully saturated rings. The van der Waals surface area contributed by atoms with Crippen molar-refractivity contribution in [2.75, 3.05) is 0 Å². The topological polar surface area (TPSA) is 0 Å². The summed E-state index contributed by atoms with van der Waals surface area (Å²) < 4.78 is 37.6. The van der Waals surface area contributed by atoms with Gasteiger partial charge in [-0.3, -0.25) is 0 Å². The van der Waals surface area contributed by atoms with Crippen molar-refractivity contribution in [1.29, 1.82) is 0 Å². The molecule has 1 aromatic rings. The Balaban J connectivity index is 2.83. The molecule has 0 N–H and O–H groups in total. The van der Waals surface area contributed by atoms with Gasteiger partial charge >= 0.3 is 0 Å². The SMILES string of the molecule is CC(F)(F)Cc1ccccc1F. The molecule has 0 aliphatic carbocycles. The van der Waals surface area contributed by atoms with E-state index in [9.17, 15) is 13.2 Å². The van der Waals surface area contributed by atoms with Crippen LogP contribution in [0.3, 0.4) is 0 Å². The van der Waals surface area contributed by atoms with Gasteiger partial charge in [-0.2, -0.15) is 0 Å². The number of rotatable bonds is 2. The highest BCUT2D eigenvalue weighted by atomic mass is 19.3. The molecule has 0 saturated carbocycles. The number of halogens is 3. The highest BCUT2D eigenvalue weighted by Gasteiger charge is 2.22. The fraction of sp³-hybridized carbons (Fsp3) is 0.333. The molecular formula is C9H9F3. The van der Waals surface area contributed by atoms with Crippen LogP contribution in [0.15, 0.2) is 24.3 Å². The van der Waals surface area contributed by atoms with Gasteiger partial charge < -0.3 is 0 Å². The van der Waals surface area contributed by atoms with Crippen molar-refractivity contribution in [3.05, 3.63) is 35.6 Å². The maximum absolute atomic E-state index is 12.8. The van der Waals surface area contributed by atoms with Crippen molar-refractivity contribution < 1.29 is 13.2 Å². The smallest absolute Gasteiger partial charge is 0.207 e. The molecule has 0 radical (unpaired) electrons. The summed E-state index contributed by atoms with van der Waals surface area (Å²) in [6.45, 7) is 0.777. The lowest BCUT2D eigenvalue weighted by Crippen LogP contribution is -2.14. The number of alkyl halides is 2. The minimum atomic E-state index is -2.85. The van der Waals surface area contributed by atoms with Crippen LogP contribution in [0.5, 0.6) is 0 Å². The lowest BCUT2D eigenvalue weighted by atomic mass is 10.1. The average molecular weight is 174 g/mol. The molecule has 0 aromatic heterocycles. The molecule has 0 unspecified atom stereocenters. The molecule has 1 aromatic carbocycles. The Bertz CT molecular complexity index is 263. The first kappa shape index (κ1) is 9.10. The van der Waals surface area contributed by atoms with E-state index in [0.717, 1.165) is 6.92 Å². The maximum Gasteiger partial charge on any atom is 0.249 e. The Morgan fingerprint density at radius 1 is 1.25 bits per heavy atom. The predicted octanol–water partition coefficient (Wildman–Crippen LogP) is 3.02. The predicted molar refractivity (Wildman–Crippen MR) is 40.7 cm³/mol. The summed E-state index contributed by atoms with van der Waals surface area (Å²) in [7, 11) is 0. The average Bonchev–Trinajstić information content (AvgIpc) is 1.91. The molecule has 0 atom stereocenters. The second-order valence-electron chi connectivity index (χ2n) is 2.84. The van der Waals surface area contributed by atoms with Crippen molar-refractivity contribution in [2.24, 2.45) is 0 Å². The van der Waals surface area contributed by atoms with Crippen LogP contribution in [0, 0.1) is 5.82 Å². The van der Waals surface area contributed by atoms with Gasteiger partial charge in [0.2, 0.25) is 5.92 Å². The van der Waals surface area contributed by atoms with Crippen LogP contribution in [0.4, 0.5) is 13.2 Å². The van der Waals surface area contributed by atoms with E-state index in [2.05, 4.69) is 0 Å². The normalized spacial score (nSPS) is 11.7. The summed E-state index contributed by atoms with van der Waals surface area (Å²) in [6.07, 6.45) is -0.542. The number of hydrogen-bond acceptors (Lipinski definition) is 0. The van der Waals surface area contributed by atoms with Gasteiger partial charge in [-0.05, 0) is 18.6 Å². The Morgan fingerprint density at radius 3 is 2.33 bits per heavy atom. The van der Waals surface area contributed by atoms with Crippen LogP contribution in [0.1, 0.15) is 12.5 Å². The van der Waals surface area contributed by atoms with Gasteiger partial charge in [-0.1, -0.05) is 18.2 Å². The van der Waals surface area contributed by atoms with E-state index < -0.39 is 18.2 Å². The molecule has 1 rings (SSSR count). The zero-order chi connectivity index (χ0) is 9.19. The third-order valence-corrected chi connectivity index (χ3v) is 1.46. The minimum absolute atomic E-state index is 0.0602. The fourth-order valence-electron chi connectivity index (χ4n) is 0.976. The number of hydrogen-bond donors (Lipinski definition) is 0. The van der Waals surface area contributed by atoms with Crippen molar-refractivity contribution in [1.82, 2.24) is 0 Å². The Hall–Kier alpha value is -0.990. The van der Waals surface area contributed by atoms with E-state index in [4.69, 9.17) is 0 Å². The first-order valence-electron chi connectivity index (χ1n) is 3.60. The largest absolute Gasteiger partial charge is 0.249 e. The molecule has 66 valence electrons. The molecule has 0 nitrogen and oxygen atoms in total. The lowest BCUT2D eigenvalue weighted by Gasteiger charge is -2.09. The number of benzene rings is 1. The Labute approximate surface area is 69.0 Å². The zero-order valence-corrected chi connectivity index (χ0v) is 6.65. The summed E-state index contributed by atoms with van der Waals surface area (Å²) in [4.78, 5) is 0. The van der Waals surface area contributed by atoms with Gasteiger partial charge in [0.05, 0.1) is 0 Å². The highest BCUT2D eigenvalue weighted by molar-refractivity contribution is 5.18. The van der Waals surface area contributed by atoms with E-state index in [1.54, 1.807) is 6.07 Å². The summed E-state index contributed by atoms with van der Waals surface area (Å²) >= 11 is 0. The van der Waals surface area contributed by atoms with Crippen LogP contribution in [0.2, 0.25) is 0 Å². The van der Waals surface area contributed by atoms with Gasteiger partial charge in [0, 0.05) is 6.42 Å². The van der Waals surface area contributed by atoms with Gasteiger partial charge in [0.15, 0.2) is 0 Å². The fourth-order valence-corrected chi connectivity index (χ4v) is 0.976. The third-order valence-electron chi connectivity index (χ3n) is 1.46. The molecular weight excluding hydrogens is 165 g/mol. The van der Waals surface area contributed by atoms with Crippen molar-refractivity contribution in [2.45, 2.75) is 19.3 Å². The molecule has 0 amide bonds. The van der Waals surface area contributed by atoms with E-state index in [1.165, 1.54) is 18.2 Å². The molecule has 3 heteroatoms.